The number of halogens is 1. The molecule has 1 amide bonds. The summed E-state index contributed by atoms with van der Waals surface area (Å²) in [5.74, 6) is -0.282. The van der Waals surface area contributed by atoms with Crippen molar-refractivity contribution in [2.45, 2.75) is 26.3 Å². The molecule has 1 N–H and O–H groups in total. The molecule has 3 aromatic heterocycles. The zero-order valence-corrected chi connectivity index (χ0v) is 16.8. The minimum Gasteiger partial charge on any atom is -0.324 e. The van der Waals surface area contributed by atoms with Crippen LogP contribution in [0.25, 0.3) is 20.4 Å². The summed E-state index contributed by atoms with van der Waals surface area (Å²) in [6.45, 7) is 3.75. The summed E-state index contributed by atoms with van der Waals surface area (Å²) >= 11 is 7.33. The Hall–Kier alpha value is -2.77. The molecule has 6 nitrogen and oxygen atoms in total. The Bertz CT molecular complexity index is 1260. The molecule has 0 aliphatic carbocycles. The van der Waals surface area contributed by atoms with Gasteiger partial charge in [0.2, 0.25) is 5.91 Å². The number of carbonyl (C=O) groups excluding carboxylic acids is 1. The standard InChI is InChI=1S/C20H17ClN4O2S/c1-3-15(18(26)24-14-9-12(21)7-6-11(14)2)25-10-23-16-13-5-4-8-22-19(13)28-17(16)20(25)27/h4-10,15H,3H2,1-2H3,(H,24,26)/t15-/m1/s1. The SMILES string of the molecule is CC[C@H](C(=O)Nc1cc(Cl)ccc1C)n1cnc2c(sc3ncccc32)c1=O. The van der Waals surface area contributed by atoms with E-state index in [1.165, 1.54) is 22.2 Å². The highest BCUT2D eigenvalue weighted by molar-refractivity contribution is 7.25. The minimum atomic E-state index is -0.680. The summed E-state index contributed by atoms with van der Waals surface area (Å²) in [7, 11) is 0. The Morgan fingerprint density at radius 2 is 2.14 bits per heavy atom. The van der Waals surface area contributed by atoms with Crippen LogP contribution in [0.2, 0.25) is 5.02 Å². The van der Waals surface area contributed by atoms with Crippen LogP contribution in [0.15, 0.2) is 47.7 Å². The van der Waals surface area contributed by atoms with E-state index in [1.54, 1.807) is 18.3 Å². The molecule has 0 fully saturated rings. The van der Waals surface area contributed by atoms with Crippen LogP contribution < -0.4 is 10.9 Å². The van der Waals surface area contributed by atoms with Crippen LogP contribution in [0.1, 0.15) is 24.9 Å². The number of hydrogen-bond acceptors (Lipinski definition) is 5. The van der Waals surface area contributed by atoms with E-state index in [1.807, 2.05) is 32.0 Å². The maximum absolute atomic E-state index is 13.1. The molecule has 0 aliphatic rings. The summed E-state index contributed by atoms with van der Waals surface area (Å²) in [6.07, 6.45) is 3.58. The van der Waals surface area contributed by atoms with Gasteiger partial charge in [0, 0.05) is 22.3 Å². The van der Waals surface area contributed by atoms with E-state index in [2.05, 4.69) is 15.3 Å². The number of pyridine rings is 1. The maximum atomic E-state index is 13.1. The van der Waals surface area contributed by atoms with Crippen molar-refractivity contribution in [1.29, 1.82) is 0 Å². The van der Waals surface area contributed by atoms with E-state index in [0.717, 1.165) is 15.8 Å². The van der Waals surface area contributed by atoms with Gasteiger partial charge in [0.1, 0.15) is 15.6 Å². The third-order valence-electron chi connectivity index (χ3n) is 4.66. The highest BCUT2D eigenvalue weighted by atomic mass is 35.5. The number of carbonyl (C=O) groups is 1. The molecule has 3 heterocycles. The Morgan fingerprint density at radius 1 is 1.32 bits per heavy atom. The van der Waals surface area contributed by atoms with Crippen molar-refractivity contribution in [2.24, 2.45) is 0 Å². The van der Waals surface area contributed by atoms with Crippen LogP contribution in [0.5, 0.6) is 0 Å². The zero-order valence-electron chi connectivity index (χ0n) is 15.3. The van der Waals surface area contributed by atoms with E-state index in [4.69, 9.17) is 11.6 Å². The first-order chi connectivity index (χ1) is 13.5. The number of aryl methyl sites for hydroxylation is 1. The third-order valence-corrected chi connectivity index (χ3v) is 5.99. The topological polar surface area (TPSA) is 76.9 Å². The highest BCUT2D eigenvalue weighted by Gasteiger charge is 2.23. The zero-order chi connectivity index (χ0) is 19.8. The molecule has 4 aromatic rings. The van der Waals surface area contributed by atoms with Crippen molar-refractivity contribution in [2.75, 3.05) is 5.32 Å². The van der Waals surface area contributed by atoms with Crippen LogP contribution in [-0.4, -0.2) is 20.4 Å². The Kier molecular flexibility index (Phi) is 4.87. The third kappa shape index (κ3) is 3.16. The normalized spacial score (nSPS) is 12.4. The van der Waals surface area contributed by atoms with Gasteiger partial charge in [-0.05, 0) is 43.2 Å². The van der Waals surface area contributed by atoms with Crippen LogP contribution in [0.3, 0.4) is 0 Å². The number of fused-ring (bicyclic) bond motifs is 3. The molecule has 1 atom stereocenters. The summed E-state index contributed by atoms with van der Waals surface area (Å²) in [5.41, 5.74) is 1.90. The van der Waals surface area contributed by atoms with Gasteiger partial charge >= 0.3 is 0 Å². The lowest BCUT2D eigenvalue weighted by atomic mass is 10.1. The van der Waals surface area contributed by atoms with Crippen molar-refractivity contribution >= 4 is 55.0 Å². The summed E-state index contributed by atoms with van der Waals surface area (Å²) in [5, 5.41) is 4.26. The number of nitrogens with one attached hydrogen (secondary N) is 1. The number of hydrogen-bond donors (Lipinski definition) is 1. The monoisotopic (exact) mass is 412 g/mol. The van der Waals surface area contributed by atoms with Gasteiger partial charge in [-0.25, -0.2) is 9.97 Å². The molecule has 142 valence electrons. The number of nitrogens with zero attached hydrogens (tertiary/aromatic N) is 3. The minimum absolute atomic E-state index is 0.238. The van der Waals surface area contributed by atoms with Gasteiger partial charge in [-0.15, -0.1) is 11.3 Å². The van der Waals surface area contributed by atoms with Crippen molar-refractivity contribution < 1.29 is 4.79 Å². The lowest BCUT2D eigenvalue weighted by Gasteiger charge is -2.18. The van der Waals surface area contributed by atoms with Crippen LogP contribution in [0, 0.1) is 6.92 Å². The number of thiophene rings is 1. The molecule has 0 saturated carbocycles. The predicted molar refractivity (Wildman–Crippen MR) is 113 cm³/mol. The second-order valence-electron chi connectivity index (χ2n) is 6.47. The molecule has 0 aliphatic heterocycles. The van der Waals surface area contributed by atoms with E-state index in [-0.39, 0.29) is 11.5 Å². The van der Waals surface area contributed by atoms with Gasteiger partial charge in [0.05, 0.1) is 11.8 Å². The van der Waals surface area contributed by atoms with Crippen molar-refractivity contribution in [3.05, 3.63) is 63.8 Å². The van der Waals surface area contributed by atoms with E-state index in [9.17, 15) is 9.59 Å². The molecule has 4 rings (SSSR count). The van der Waals surface area contributed by atoms with Crippen LogP contribution in [-0.2, 0) is 4.79 Å². The molecule has 8 heteroatoms. The summed E-state index contributed by atoms with van der Waals surface area (Å²) in [6, 6.07) is 8.33. The first-order valence-electron chi connectivity index (χ1n) is 8.81. The molecule has 0 unspecified atom stereocenters. The fourth-order valence-electron chi connectivity index (χ4n) is 3.16. The second-order valence-corrected chi connectivity index (χ2v) is 7.90. The second kappa shape index (κ2) is 7.33. The lowest BCUT2D eigenvalue weighted by molar-refractivity contribution is -0.119. The van der Waals surface area contributed by atoms with Gasteiger partial charge < -0.3 is 5.32 Å². The van der Waals surface area contributed by atoms with Crippen molar-refractivity contribution in [3.63, 3.8) is 0 Å². The molecule has 0 bridgehead atoms. The lowest BCUT2D eigenvalue weighted by Crippen LogP contribution is -2.33. The molecule has 0 spiro atoms. The first kappa shape index (κ1) is 18.6. The quantitative estimate of drug-likeness (QED) is 0.533. The molecule has 28 heavy (non-hydrogen) atoms. The predicted octanol–water partition coefficient (Wildman–Crippen LogP) is 4.56. The molecule has 1 aromatic carbocycles. The van der Waals surface area contributed by atoms with E-state index >= 15 is 0 Å². The number of rotatable bonds is 4. The molecular weight excluding hydrogens is 396 g/mol. The Labute approximate surface area is 169 Å². The first-order valence-corrected chi connectivity index (χ1v) is 10.0. The summed E-state index contributed by atoms with van der Waals surface area (Å²) < 4.78 is 1.90. The molecule has 0 saturated heterocycles. The summed E-state index contributed by atoms with van der Waals surface area (Å²) in [4.78, 5) is 35.5. The fraction of sp³-hybridized carbons (Fsp3) is 0.200. The molecular formula is C20H17ClN4O2S. The van der Waals surface area contributed by atoms with Gasteiger partial charge in [-0.2, -0.15) is 0 Å². The fourth-order valence-corrected chi connectivity index (χ4v) is 4.36. The van der Waals surface area contributed by atoms with Gasteiger partial charge in [0.25, 0.3) is 5.56 Å². The molecule has 0 radical (unpaired) electrons. The van der Waals surface area contributed by atoms with Crippen molar-refractivity contribution in [1.82, 2.24) is 14.5 Å². The average molecular weight is 413 g/mol. The maximum Gasteiger partial charge on any atom is 0.272 e. The van der Waals surface area contributed by atoms with Crippen LogP contribution in [0.4, 0.5) is 5.69 Å². The average Bonchev–Trinajstić information content (AvgIpc) is 3.07. The Morgan fingerprint density at radius 3 is 2.93 bits per heavy atom. The van der Waals surface area contributed by atoms with E-state index < -0.39 is 6.04 Å². The number of aromatic nitrogens is 3. The number of anilines is 1. The smallest absolute Gasteiger partial charge is 0.272 e. The largest absolute Gasteiger partial charge is 0.324 e. The van der Waals surface area contributed by atoms with Gasteiger partial charge in [0.15, 0.2) is 0 Å². The van der Waals surface area contributed by atoms with E-state index in [0.29, 0.717) is 27.3 Å². The number of benzene rings is 1. The van der Waals surface area contributed by atoms with Crippen molar-refractivity contribution in [3.8, 4) is 0 Å². The van der Waals surface area contributed by atoms with Gasteiger partial charge in [-0.1, -0.05) is 24.6 Å². The van der Waals surface area contributed by atoms with Gasteiger partial charge in [-0.3, -0.25) is 14.2 Å². The Balaban J connectivity index is 1.75. The number of amides is 1. The highest BCUT2D eigenvalue weighted by Crippen LogP contribution is 2.29. The van der Waals surface area contributed by atoms with Crippen LogP contribution >= 0.6 is 22.9 Å².